The summed E-state index contributed by atoms with van der Waals surface area (Å²) in [4.78, 5) is 29.2. The normalized spacial score (nSPS) is 10.4. The molecule has 0 atom stereocenters. The highest BCUT2D eigenvalue weighted by Crippen LogP contribution is 2.23. The predicted octanol–water partition coefficient (Wildman–Crippen LogP) is 5.11. The van der Waals surface area contributed by atoms with Crippen LogP contribution in [0.25, 0.3) is 0 Å². The van der Waals surface area contributed by atoms with Crippen molar-refractivity contribution in [3.63, 3.8) is 0 Å². The lowest BCUT2D eigenvalue weighted by atomic mass is 10.1. The highest BCUT2D eigenvalue weighted by molar-refractivity contribution is 6.31. The molecule has 3 aromatic rings. The molecule has 2 N–H and O–H groups in total. The third-order valence-corrected chi connectivity index (χ3v) is 4.83. The Labute approximate surface area is 168 Å². The van der Waals surface area contributed by atoms with Crippen molar-refractivity contribution in [3.8, 4) is 0 Å². The Morgan fingerprint density at radius 1 is 0.929 bits per heavy atom. The second kappa shape index (κ2) is 8.67. The fourth-order valence-corrected chi connectivity index (χ4v) is 2.95. The summed E-state index contributed by atoms with van der Waals surface area (Å²) in [6.45, 7) is 3.85. The molecule has 3 rings (SSSR count). The number of halogens is 1. The molecule has 0 aliphatic rings. The summed E-state index contributed by atoms with van der Waals surface area (Å²) in [6, 6.07) is 14.4. The topological polar surface area (TPSA) is 71.1 Å². The van der Waals surface area contributed by atoms with E-state index in [-0.39, 0.29) is 17.4 Å². The summed E-state index contributed by atoms with van der Waals surface area (Å²) in [6.07, 6.45) is 3.66. The van der Waals surface area contributed by atoms with Crippen LogP contribution in [0.15, 0.2) is 60.9 Å². The highest BCUT2D eigenvalue weighted by Gasteiger charge is 2.14. The molecular formula is C22H20ClN3O2. The summed E-state index contributed by atoms with van der Waals surface area (Å²) in [7, 11) is 0. The SMILES string of the molecule is CCc1ccccc1NC(=O)c1cncc(C(=O)Nc2cccc(Cl)c2C)c1. The number of carbonyl (C=O) groups excluding carboxylic acids is 2. The first-order valence-corrected chi connectivity index (χ1v) is 9.28. The van der Waals surface area contributed by atoms with Crippen molar-refractivity contribution in [1.82, 2.24) is 4.98 Å². The predicted molar refractivity (Wildman–Crippen MR) is 112 cm³/mol. The minimum absolute atomic E-state index is 0.288. The maximum atomic E-state index is 12.6. The Morgan fingerprint density at radius 3 is 2.21 bits per heavy atom. The number of aromatic nitrogens is 1. The zero-order chi connectivity index (χ0) is 20.1. The average molecular weight is 394 g/mol. The van der Waals surface area contributed by atoms with E-state index in [1.54, 1.807) is 18.2 Å². The number of nitrogens with zero attached hydrogens (tertiary/aromatic N) is 1. The molecule has 1 aromatic heterocycles. The van der Waals surface area contributed by atoms with Gasteiger partial charge in [0.1, 0.15) is 0 Å². The molecule has 0 saturated heterocycles. The van der Waals surface area contributed by atoms with E-state index >= 15 is 0 Å². The lowest BCUT2D eigenvalue weighted by Crippen LogP contribution is -2.17. The number of carbonyl (C=O) groups is 2. The Hall–Kier alpha value is -3.18. The third kappa shape index (κ3) is 4.38. The molecule has 0 aliphatic carbocycles. The van der Waals surface area contributed by atoms with Gasteiger partial charge < -0.3 is 10.6 Å². The number of pyridine rings is 1. The van der Waals surface area contributed by atoms with Crippen LogP contribution in [0, 0.1) is 6.92 Å². The summed E-state index contributed by atoms with van der Waals surface area (Å²) in [5.74, 6) is -0.677. The molecule has 5 nitrogen and oxygen atoms in total. The van der Waals surface area contributed by atoms with E-state index in [2.05, 4.69) is 15.6 Å². The summed E-state index contributed by atoms with van der Waals surface area (Å²) < 4.78 is 0. The van der Waals surface area contributed by atoms with Crippen LogP contribution < -0.4 is 10.6 Å². The van der Waals surface area contributed by atoms with Crippen molar-refractivity contribution < 1.29 is 9.59 Å². The van der Waals surface area contributed by atoms with Crippen LogP contribution in [0.4, 0.5) is 11.4 Å². The molecule has 0 bridgehead atoms. The molecule has 2 amide bonds. The summed E-state index contributed by atoms with van der Waals surface area (Å²) in [5.41, 5.74) is 3.77. The van der Waals surface area contributed by atoms with E-state index in [1.165, 1.54) is 18.5 Å². The molecular weight excluding hydrogens is 374 g/mol. The number of rotatable bonds is 5. The Bertz CT molecular complexity index is 1030. The zero-order valence-electron chi connectivity index (χ0n) is 15.6. The van der Waals surface area contributed by atoms with Gasteiger partial charge in [0.15, 0.2) is 0 Å². The van der Waals surface area contributed by atoms with E-state index in [4.69, 9.17) is 11.6 Å². The lowest BCUT2D eigenvalue weighted by molar-refractivity contribution is 0.102. The van der Waals surface area contributed by atoms with Gasteiger partial charge in [0, 0.05) is 28.8 Å². The number of hydrogen-bond donors (Lipinski definition) is 2. The van der Waals surface area contributed by atoms with Crippen LogP contribution in [-0.4, -0.2) is 16.8 Å². The van der Waals surface area contributed by atoms with Gasteiger partial charge >= 0.3 is 0 Å². The minimum Gasteiger partial charge on any atom is -0.322 e. The maximum Gasteiger partial charge on any atom is 0.257 e. The summed E-state index contributed by atoms with van der Waals surface area (Å²) >= 11 is 6.10. The number of aryl methyl sites for hydroxylation is 1. The van der Waals surface area contributed by atoms with Crippen LogP contribution >= 0.6 is 11.6 Å². The van der Waals surface area contributed by atoms with Gasteiger partial charge in [-0.15, -0.1) is 0 Å². The lowest BCUT2D eigenvalue weighted by Gasteiger charge is -2.11. The van der Waals surface area contributed by atoms with Crippen LogP contribution in [-0.2, 0) is 6.42 Å². The second-order valence-corrected chi connectivity index (χ2v) is 6.70. The Kier molecular flexibility index (Phi) is 6.06. The van der Waals surface area contributed by atoms with Crippen molar-refractivity contribution in [2.75, 3.05) is 10.6 Å². The van der Waals surface area contributed by atoms with Gasteiger partial charge in [0.25, 0.3) is 11.8 Å². The van der Waals surface area contributed by atoms with Crippen molar-refractivity contribution in [2.45, 2.75) is 20.3 Å². The number of amides is 2. The van der Waals surface area contributed by atoms with Gasteiger partial charge in [0.05, 0.1) is 11.1 Å². The number of hydrogen-bond acceptors (Lipinski definition) is 3. The van der Waals surface area contributed by atoms with Crippen LogP contribution in [0.1, 0.15) is 38.8 Å². The number of anilines is 2. The van der Waals surface area contributed by atoms with E-state index in [0.717, 1.165) is 23.2 Å². The number of para-hydroxylation sites is 1. The van der Waals surface area contributed by atoms with E-state index in [0.29, 0.717) is 16.3 Å². The van der Waals surface area contributed by atoms with Crippen molar-refractivity contribution >= 4 is 34.8 Å². The standard InChI is InChI=1S/C22H20ClN3O2/c1-3-15-7-4-5-9-20(15)26-22(28)17-11-16(12-24-13-17)21(27)25-19-10-6-8-18(23)14(19)2/h4-13H,3H2,1-2H3,(H,25,27)(H,26,28). The van der Waals surface area contributed by atoms with Gasteiger partial charge in [-0.3, -0.25) is 14.6 Å². The van der Waals surface area contributed by atoms with Crippen LogP contribution in [0.3, 0.4) is 0 Å². The van der Waals surface area contributed by atoms with Gasteiger partial charge in [0.2, 0.25) is 0 Å². The van der Waals surface area contributed by atoms with Crippen molar-refractivity contribution in [2.24, 2.45) is 0 Å². The van der Waals surface area contributed by atoms with Crippen molar-refractivity contribution in [3.05, 3.63) is 88.2 Å². The van der Waals surface area contributed by atoms with E-state index < -0.39 is 0 Å². The molecule has 0 fully saturated rings. The Morgan fingerprint density at radius 2 is 1.54 bits per heavy atom. The molecule has 0 aliphatic heterocycles. The molecule has 0 saturated carbocycles. The number of nitrogens with one attached hydrogen (secondary N) is 2. The van der Waals surface area contributed by atoms with Crippen LogP contribution in [0.2, 0.25) is 5.02 Å². The second-order valence-electron chi connectivity index (χ2n) is 6.29. The molecule has 0 spiro atoms. The Balaban J connectivity index is 1.78. The molecule has 28 heavy (non-hydrogen) atoms. The first kappa shape index (κ1) is 19.6. The third-order valence-electron chi connectivity index (χ3n) is 4.42. The first-order valence-electron chi connectivity index (χ1n) is 8.90. The maximum absolute atomic E-state index is 12.6. The highest BCUT2D eigenvalue weighted by atomic mass is 35.5. The molecule has 0 radical (unpaired) electrons. The average Bonchev–Trinajstić information content (AvgIpc) is 2.72. The fraction of sp³-hybridized carbons (Fsp3) is 0.136. The first-order chi connectivity index (χ1) is 13.5. The van der Waals surface area contributed by atoms with E-state index in [9.17, 15) is 9.59 Å². The quantitative estimate of drug-likeness (QED) is 0.632. The molecule has 142 valence electrons. The fourth-order valence-electron chi connectivity index (χ4n) is 2.77. The summed E-state index contributed by atoms with van der Waals surface area (Å²) in [5, 5.41) is 6.26. The minimum atomic E-state index is -0.360. The van der Waals surface area contributed by atoms with Gasteiger partial charge in [-0.1, -0.05) is 42.8 Å². The van der Waals surface area contributed by atoms with Gasteiger partial charge in [-0.25, -0.2) is 0 Å². The molecule has 2 aromatic carbocycles. The van der Waals surface area contributed by atoms with Gasteiger partial charge in [-0.2, -0.15) is 0 Å². The largest absolute Gasteiger partial charge is 0.322 e. The van der Waals surface area contributed by atoms with Gasteiger partial charge in [-0.05, 0) is 48.7 Å². The molecule has 1 heterocycles. The molecule has 0 unspecified atom stereocenters. The smallest absolute Gasteiger partial charge is 0.257 e. The zero-order valence-corrected chi connectivity index (χ0v) is 16.4. The molecule has 6 heteroatoms. The van der Waals surface area contributed by atoms with Crippen molar-refractivity contribution in [1.29, 1.82) is 0 Å². The monoisotopic (exact) mass is 393 g/mol. The van der Waals surface area contributed by atoms with Crippen LogP contribution in [0.5, 0.6) is 0 Å². The van der Waals surface area contributed by atoms with E-state index in [1.807, 2.05) is 38.1 Å². The number of benzene rings is 2.